The number of nitro groups is 1. The van der Waals surface area contributed by atoms with Crippen LogP contribution in [0.5, 0.6) is 5.75 Å². The predicted molar refractivity (Wildman–Crippen MR) is 103 cm³/mol. The van der Waals surface area contributed by atoms with Gasteiger partial charge in [-0.25, -0.2) is 5.43 Å². The maximum Gasteiger partial charge on any atom is 0.289 e. The lowest BCUT2D eigenvalue weighted by atomic mass is 10.1. The summed E-state index contributed by atoms with van der Waals surface area (Å²) >= 11 is 0. The van der Waals surface area contributed by atoms with Crippen molar-refractivity contribution in [2.24, 2.45) is 5.10 Å². The number of nitrogens with zero attached hydrogens (tertiary/aromatic N) is 3. The Bertz CT molecular complexity index is 1040. The highest BCUT2D eigenvalue weighted by Crippen LogP contribution is 2.21. The molecule has 0 saturated carbocycles. The largest absolute Gasteiger partial charge is 0.497 e. The van der Waals surface area contributed by atoms with Gasteiger partial charge in [-0.15, -0.1) is 0 Å². The molecule has 0 radical (unpaired) electrons. The zero-order valence-corrected chi connectivity index (χ0v) is 15.2. The Labute approximate surface area is 160 Å². The zero-order valence-electron chi connectivity index (χ0n) is 15.2. The minimum atomic E-state index is -0.485. The first-order chi connectivity index (χ1) is 13.5. The van der Waals surface area contributed by atoms with E-state index in [1.807, 2.05) is 12.1 Å². The van der Waals surface area contributed by atoms with E-state index in [9.17, 15) is 14.9 Å². The second-order valence-corrected chi connectivity index (χ2v) is 5.84. The van der Waals surface area contributed by atoms with E-state index >= 15 is 0 Å². The third-order valence-electron chi connectivity index (χ3n) is 4.01. The first kappa shape index (κ1) is 18.8. The van der Waals surface area contributed by atoms with Gasteiger partial charge < -0.3 is 4.74 Å². The molecule has 0 aliphatic carbocycles. The number of non-ortho nitro benzene ring substituents is 1. The van der Waals surface area contributed by atoms with Gasteiger partial charge in [0.05, 0.1) is 23.4 Å². The van der Waals surface area contributed by atoms with Crippen LogP contribution < -0.4 is 10.2 Å². The summed E-state index contributed by atoms with van der Waals surface area (Å²) < 4.78 is 5.12. The van der Waals surface area contributed by atoms with Gasteiger partial charge in [0.25, 0.3) is 11.6 Å². The molecule has 1 heterocycles. The number of methoxy groups -OCH3 is 1. The predicted octanol–water partition coefficient (Wildman–Crippen LogP) is 3.15. The van der Waals surface area contributed by atoms with Crippen molar-refractivity contribution in [3.63, 3.8) is 0 Å². The highest BCUT2D eigenvalue weighted by Gasteiger charge is 2.12. The number of aromatic amines is 1. The van der Waals surface area contributed by atoms with E-state index in [2.05, 4.69) is 20.7 Å². The molecule has 0 fully saturated rings. The average Bonchev–Trinajstić information content (AvgIpc) is 3.22. The van der Waals surface area contributed by atoms with E-state index in [0.717, 1.165) is 11.3 Å². The number of carbonyl (C=O) groups is 1. The molecule has 2 aromatic carbocycles. The highest BCUT2D eigenvalue weighted by molar-refractivity contribution is 6.01. The molecule has 9 heteroatoms. The molecule has 0 saturated heterocycles. The molecular formula is C19H17N5O4. The summed E-state index contributed by atoms with van der Waals surface area (Å²) in [6, 6.07) is 14.9. The van der Waals surface area contributed by atoms with Crippen LogP contribution in [0, 0.1) is 10.1 Å². The molecule has 0 spiro atoms. The van der Waals surface area contributed by atoms with Crippen molar-refractivity contribution < 1.29 is 14.5 Å². The quantitative estimate of drug-likeness (QED) is 0.387. The van der Waals surface area contributed by atoms with Crippen LogP contribution >= 0.6 is 0 Å². The number of ether oxygens (including phenoxy) is 1. The molecule has 1 aromatic heterocycles. The van der Waals surface area contributed by atoms with Crippen LogP contribution in [-0.2, 0) is 0 Å². The van der Waals surface area contributed by atoms with Crippen LogP contribution in [0.2, 0.25) is 0 Å². The van der Waals surface area contributed by atoms with Gasteiger partial charge in [-0.2, -0.15) is 10.2 Å². The molecule has 0 aliphatic rings. The average molecular weight is 379 g/mol. The molecule has 2 N–H and O–H groups in total. The van der Waals surface area contributed by atoms with Gasteiger partial charge in [-0.1, -0.05) is 12.1 Å². The van der Waals surface area contributed by atoms with E-state index in [4.69, 9.17) is 4.74 Å². The van der Waals surface area contributed by atoms with Crippen LogP contribution in [0.3, 0.4) is 0 Å². The first-order valence-corrected chi connectivity index (χ1v) is 8.27. The van der Waals surface area contributed by atoms with Crippen molar-refractivity contribution in [2.75, 3.05) is 7.11 Å². The smallest absolute Gasteiger partial charge is 0.289 e. The lowest BCUT2D eigenvalue weighted by molar-refractivity contribution is -0.384. The maximum absolute atomic E-state index is 12.3. The molecule has 142 valence electrons. The number of benzene rings is 2. The van der Waals surface area contributed by atoms with Crippen LogP contribution in [0.25, 0.3) is 11.3 Å². The Morgan fingerprint density at radius 2 is 1.96 bits per heavy atom. The Balaban J connectivity index is 1.71. The molecular weight excluding hydrogens is 362 g/mol. The fourth-order valence-corrected chi connectivity index (χ4v) is 2.45. The van der Waals surface area contributed by atoms with Gasteiger partial charge in [0.1, 0.15) is 11.4 Å². The van der Waals surface area contributed by atoms with Gasteiger partial charge in [0.2, 0.25) is 0 Å². The topological polar surface area (TPSA) is 123 Å². The van der Waals surface area contributed by atoms with Gasteiger partial charge in [-0.05, 0) is 37.3 Å². The fourth-order valence-electron chi connectivity index (χ4n) is 2.45. The summed E-state index contributed by atoms with van der Waals surface area (Å²) in [6.07, 6.45) is 0. The summed E-state index contributed by atoms with van der Waals surface area (Å²) in [5.74, 6) is 0.250. The third-order valence-corrected chi connectivity index (χ3v) is 4.01. The number of hydrazone groups is 1. The number of aromatic nitrogens is 2. The molecule has 1 amide bonds. The van der Waals surface area contributed by atoms with Crippen molar-refractivity contribution in [3.8, 4) is 17.0 Å². The van der Waals surface area contributed by atoms with Crippen LogP contribution in [0.15, 0.2) is 59.7 Å². The van der Waals surface area contributed by atoms with Gasteiger partial charge in [0, 0.05) is 23.3 Å². The molecule has 9 nitrogen and oxygen atoms in total. The summed E-state index contributed by atoms with van der Waals surface area (Å²) in [4.78, 5) is 22.7. The minimum absolute atomic E-state index is 0.0453. The Kier molecular flexibility index (Phi) is 5.45. The van der Waals surface area contributed by atoms with Gasteiger partial charge >= 0.3 is 0 Å². The molecule has 0 aliphatic heterocycles. The fraction of sp³-hybridized carbons (Fsp3) is 0.105. The van der Waals surface area contributed by atoms with E-state index < -0.39 is 10.8 Å². The van der Waals surface area contributed by atoms with Crippen molar-refractivity contribution in [1.82, 2.24) is 15.6 Å². The van der Waals surface area contributed by atoms with Crippen molar-refractivity contribution >= 4 is 17.3 Å². The van der Waals surface area contributed by atoms with Crippen LogP contribution in [0.1, 0.15) is 23.0 Å². The number of nitrogens with one attached hydrogen (secondary N) is 2. The monoisotopic (exact) mass is 379 g/mol. The van der Waals surface area contributed by atoms with E-state index in [1.165, 1.54) is 12.1 Å². The highest BCUT2D eigenvalue weighted by atomic mass is 16.6. The zero-order chi connectivity index (χ0) is 20.1. The van der Waals surface area contributed by atoms with Gasteiger partial charge in [-0.3, -0.25) is 20.0 Å². The van der Waals surface area contributed by atoms with Crippen molar-refractivity contribution in [1.29, 1.82) is 0 Å². The van der Waals surface area contributed by atoms with E-state index in [1.54, 1.807) is 44.4 Å². The van der Waals surface area contributed by atoms with Crippen LogP contribution in [-0.4, -0.2) is 33.8 Å². The second-order valence-electron chi connectivity index (χ2n) is 5.84. The number of H-pyrrole nitrogens is 1. The van der Waals surface area contributed by atoms with Crippen molar-refractivity contribution in [2.45, 2.75) is 6.92 Å². The van der Waals surface area contributed by atoms with E-state index in [-0.39, 0.29) is 11.4 Å². The lowest BCUT2D eigenvalue weighted by Crippen LogP contribution is -2.19. The third kappa shape index (κ3) is 4.21. The molecule has 0 unspecified atom stereocenters. The number of hydrogen-bond donors (Lipinski definition) is 2. The number of rotatable bonds is 6. The maximum atomic E-state index is 12.3. The number of hydrogen-bond acceptors (Lipinski definition) is 6. The first-order valence-electron chi connectivity index (χ1n) is 8.27. The molecule has 0 atom stereocenters. The number of nitro benzene ring substituents is 1. The SMILES string of the molecule is COc1ccc(-c2cc(C(=O)N/N=C(/C)c3cccc([N+](=O)[O-])c3)[nH]n2)cc1. The van der Waals surface area contributed by atoms with Crippen molar-refractivity contribution in [3.05, 3.63) is 76.0 Å². The molecule has 3 rings (SSSR count). The molecule has 0 bridgehead atoms. The molecule has 3 aromatic rings. The Morgan fingerprint density at radius 1 is 1.21 bits per heavy atom. The van der Waals surface area contributed by atoms with Crippen LogP contribution in [0.4, 0.5) is 5.69 Å². The van der Waals surface area contributed by atoms with Gasteiger partial charge in [0.15, 0.2) is 0 Å². The minimum Gasteiger partial charge on any atom is -0.497 e. The second kappa shape index (κ2) is 8.12. The van der Waals surface area contributed by atoms with E-state index in [0.29, 0.717) is 17.0 Å². The number of amides is 1. The summed E-state index contributed by atoms with van der Waals surface area (Å²) in [5.41, 5.74) is 5.02. The Hall–Kier alpha value is -4.01. The summed E-state index contributed by atoms with van der Waals surface area (Å²) in [5, 5.41) is 21.7. The molecule has 28 heavy (non-hydrogen) atoms. The normalized spacial score (nSPS) is 11.1. The standard InChI is InChI=1S/C19H17N5O4/c1-12(14-4-3-5-15(10-14)24(26)27)20-23-19(25)18-11-17(21-22-18)13-6-8-16(28-2)9-7-13/h3-11H,1-2H3,(H,21,22)(H,23,25)/b20-12-. The lowest BCUT2D eigenvalue weighted by Gasteiger charge is -2.02. The Morgan fingerprint density at radius 3 is 2.64 bits per heavy atom. The number of carbonyl (C=O) groups excluding carboxylic acids is 1. The summed E-state index contributed by atoms with van der Waals surface area (Å²) in [7, 11) is 1.59. The summed E-state index contributed by atoms with van der Waals surface area (Å²) in [6.45, 7) is 1.65.